The molecule has 0 saturated carbocycles. The Labute approximate surface area is 171 Å². The summed E-state index contributed by atoms with van der Waals surface area (Å²) in [5.74, 6) is 0. The average Bonchev–Trinajstić information content (AvgIpc) is 2.51. The van der Waals surface area contributed by atoms with Gasteiger partial charge in [-0.3, -0.25) is 0 Å². The van der Waals surface area contributed by atoms with Crippen LogP contribution in [-0.4, -0.2) is 0 Å². The van der Waals surface area contributed by atoms with Crippen molar-refractivity contribution in [2.75, 3.05) is 0 Å². The smallest absolute Gasteiger partial charge is 0.277 e. The van der Waals surface area contributed by atoms with Crippen molar-refractivity contribution in [1.29, 1.82) is 0 Å². The molecule has 0 N–H and O–H groups in total. The number of pyridine rings is 2. The summed E-state index contributed by atoms with van der Waals surface area (Å²) in [6, 6.07) is 12.7. The first kappa shape index (κ1) is 23.4. The van der Waals surface area contributed by atoms with Crippen molar-refractivity contribution in [2.45, 2.75) is 13.1 Å². The van der Waals surface area contributed by atoms with E-state index in [0.29, 0.717) is 0 Å². The molecule has 0 atom stereocenters. The van der Waals surface area contributed by atoms with E-state index in [9.17, 15) is 0 Å². The topological polar surface area (TPSA) is 7.76 Å². The fourth-order valence-corrected chi connectivity index (χ4v) is 2.02. The monoisotopic (exact) mass is 658 g/mol. The molecule has 2 nitrogen and oxygen atoms in total. The molecule has 0 amide bonds. The number of nitrogens with zero attached hydrogens (tertiary/aromatic N) is 2. The zero-order valence-corrected chi connectivity index (χ0v) is 19.7. The molecule has 112 valence electrons. The van der Waals surface area contributed by atoms with Crippen LogP contribution in [0.1, 0.15) is 0 Å². The first-order valence-corrected chi connectivity index (χ1v) is 12.6. The van der Waals surface area contributed by atoms with Crippen molar-refractivity contribution in [3.63, 3.8) is 0 Å². The molecule has 3 rings (SSSR count). The van der Waals surface area contributed by atoms with E-state index >= 15 is 0 Å². The van der Waals surface area contributed by atoms with Crippen molar-refractivity contribution in [3.8, 4) is 11.4 Å². The Morgan fingerprint density at radius 3 is 1.35 bits per heavy atom. The first-order valence-electron chi connectivity index (χ1n) is 5.21. The van der Waals surface area contributed by atoms with E-state index < -0.39 is 0 Å². The maximum atomic E-state index is 2.75. The number of hydrogen-bond acceptors (Lipinski definition) is 0. The molecule has 0 bridgehead atoms. The number of aromatic nitrogens is 2. The van der Waals surface area contributed by atoms with Gasteiger partial charge in [-0.25, -0.2) is 0 Å². The molecular formula is C12H12Br6N2. The van der Waals surface area contributed by atoms with Gasteiger partial charge in [-0.1, -0.05) is 0 Å². The predicted molar refractivity (Wildman–Crippen MR) is 88.0 cm³/mol. The van der Waals surface area contributed by atoms with Gasteiger partial charge in [0.1, 0.15) is 0 Å². The molecule has 8 heteroatoms. The lowest BCUT2D eigenvalue weighted by molar-refractivity contribution is -0.794. The van der Waals surface area contributed by atoms with Gasteiger partial charge in [-0.05, 0) is 12.1 Å². The van der Waals surface area contributed by atoms with Crippen molar-refractivity contribution >= 4 is 56.5 Å². The SMILES string of the molecule is BrBr.BrBr.[Br-].[Br-].c1cc[n+]2c(c1)-c1cccc[n+]1CC2. The lowest BCUT2D eigenvalue weighted by Gasteiger charge is -2.08. The summed E-state index contributed by atoms with van der Waals surface area (Å²) in [4.78, 5) is 0. The summed E-state index contributed by atoms with van der Waals surface area (Å²) in [5, 5.41) is 0. The molecule has 0 aliphatic carbocycles. The Bertz CT molecular complexity index is 449. The normalized spacial score (nSPS) is 9.80. The van der Waals surface area contributed by atoms with Crippen LogP contribution in [-0.2, 0) is 13.1 Å². The fourth-order valence-electron chi connectivity index (χ4n) is 2.02. The van der Waals surface area contributed by atoms with Gasteiger partial charge < -0.3 is 34.0 Å². The summed E-state index contributed by atoms with van der Waals surface area (Å²) in [6.07, 6.45) is 4.29. The van der Waals surface area contributed by atoms with Crippen LogP contribution in [0.5, 0.6) is 0 Å². The highest BCUT2D eigenvalue weighted by Crippen LogP contribution is 2.11. The molecule has 0 saturated heterocycles. The molecule has 1 aliphatic heterocycles. The summed E-state index contributed by atoms with van der Waals surface area (Å²) in [5.41, 5.74) is 2.61. The molecule has 0 fully saturated rings. The standard InChI is InChI=1S/C12H12N2.2Br2.2BrH/c1-3-7-13-9-10-14-8-4-2-6-12(14)11(13)5-1;2*1-2;;/h1-8H,9-10H2;;;2*1H/q+2;;;;/p-2. The second-order valence-electron chi connectivity index (χ2n) is 3.56. The zero-order chi connectivity index (χ0) is 13.4. The third-order valence-electron chi connectivity index (χ3n) is 2.73. The van der Waals surface area contributed by atoms with Crippen LogP contribution in [0.2, 0.25) is 0 Å². The van der Waals surface area contributed by atoms with Crippen LogP contribution in [0.25, 0.3) is 11.4 Å². The van der Waals surface area contributed by atoms with Gasteiger partial charge >= 0.3 is 0 Å². The van der Waals surface area contributed by atoms with Crippen molar-refractivity contribution in [1.82, 2.24) is 0 Å². The Kier molecular flexibility index (Phi) is 16.2. The van der Waals surface area contributed by atoms with Crippen LogP contribution in [0, 0.1) is 0 Å². The van der Waals surface area contributed by atoms with Gasteiger partial charge in [0.05, 0.1) is 0 Å². The van der Waals surface area contributed by atoms with E-state index in [1.807, 2.05) is 0 Å². The first-order chi connectivity index (χ1) is 8.95. The van der Waals surface area contributed by atoms with E-state index in [4.69, 9.17) is 0 Å². The molecule has 2 aromatic heterocycles. The fraction of sp³-hybridized carbons (Fsp3) is 0.167. The minimum atomic E-state index is 0. The number of aryl methyl sites for hydroxylation is 2. The van der Waals surface area contributed by atoms with Crippen LogP contribution >= 0.6 is 56.5 Å². The quantitative estimate of drug-likeness (QED) is 0.299. The Hall–Kier alpha value is 1.18. The highest BCUT2D eigenvalue weighted by atomic mass is 80.9. The third-order valence-corrected chi connectivity index (χ3v) is 2.73. The highest BCUT2D eigenvalue weighted by Gasteiger charge is 2.27. The van der Waals surface area contributed by atoms with Gasteiger partial charge in [-0.15, -0.1) is 0 Å². The van der Waals surface area contributed by atoms with E-state index in [0.717, 1.165) is 13.1 Å². The Morgan fingerprint density at radius 1 is 0.650 bits per heavy atom. The average molecular weight is 664 g/mol. The van der Waals surface area contributed by atoms with E-state index in [1.54, 1.807) is 0 Å². The predicted octanol–water partition coefficient (Wildman–Crippen LogP) is -1.67. The number of rotatable bonds is 0. The molecule has 0 spiro atoms. The molecule has 20 heavy (non-hydrogen) atoms. The number of hydrogen-bond donors (Lipinski definition) is 0. The second-order valence-corrected chi connectivity index (χ2v) is 3.56. The van der Waals surface area contributed by atoms with Gasteiger partial charge in [-0.2, -0.15) is 9.13 Å². The largest absolute Gasteiger partial charge is 1.00 e. The Balaban J connectivity index is 0. The maximum Gasteiger partial charge on any atom is 0.277 e. The number of halogens is 6. The third kappa shape index (κ3) is 6.12. The molecular weight excluding hydrogens is 652 g/mol. The minimum absolute atomic E-state index is 0. The lowest BCUT2D eigenvalue weighted by Crippen LogP contribution is -3.00. The van der Waals surface area contributed by atoms with Crippen LogP contribution in [0.3, 0.4) is 0 Å². The summed E-state index contributed by atoms with van der Waals surface area (Å²) in [7, 11) is 0. The van der Waals surface area contributed by atoms with Gasteiger partial charge in [0.25, 0.3) is 11.4 Å². The molecule has 0 aromatic carbocycles. The zero-order valence-electron chi connectivity index (χ0n) is 10.2. The summed E-state index contributed by atoms with van der Waals surface area (Å²) >= 11 is 11.0. The molecule has 1 aliphatic rings. The number of fused-ring (bicyclic) bond motifs is 3. The van der Waals surface area contributed by atoms with Crippen molar-refractivity contribution in [2.24, 2.45) is 0 Å². The molecule has 0 radical (unpaired) electrons. The van der Waals surface area contributed by atoms with Crippen LogP contribution in [0.15, 0.2) is 48.8 Å². The van der Waals surface area contributed by atoms with Gasteiger partial charge in [0, 0.05) is 80.8 Å². The van der Waals surface area contributed by atoms with Crippen molar-refractivity contribution < 1.29 is 43.1 Å². The van der Waals surface area contributed by atoms with Crippen LogP contribution < -0.4 is 43.1 Å². The van der Waals surface area contributed by atoms with Crippen LogP contribution in [0.4, 0.5) is 0 Å². The van der Waals surface area contributed by atoms with Gasteiger partial charge in [0.15, 0.2) is 12.4 Å². The van der Waals surface area contributed by atoms with E-state index in [2.05, 4.69) is 114 Å². The molecule has 3 heterocycles. The lowest BCUT2D eigenvalue weighted by atomic mass is 10.2. The highest BCUT2D eigenvalue weighted by molar-refractivity contribution is 9.93. The minimum Gasteiger partial charge on any atom is -1.00 e. The van der Waals surface area contributed by atoms with E-state index in [-0.39, 0.29) is 34.0 Å². The van der Waals surface area contributed by atoms with Gasteiger partial charge in [0.2, 0.25) is 13.1 Å². The second kappa shape index (κ2) is 13.8. The molecule has 0 unspecified atom stereocenters. The van der Waals surface area contributed by atoms with Crippen molar-refractivity contribution in [3.05, 3.63) is 48.8 Å². The van der Waals surface area contributed by atoms with E-state index in [1.165, 1.54) is 11.4 Å². The molecule has 2 aromatic rings. The summed E-state index contributed by atoms with van der Waals surface area (Å²) < 4.78 is 4.60. The Morgan fingerprint density at radius 2 is 1.00 bits per heavy atom. The maximum absolute atomic E-state index is 2.75. The summed E-state index contributed by atoms with van der Waals surface area (Å²) in [6.45, 7) is 2.13.